The van der Waals surface area contributed by atoms with Crippen LogP contribution in [0.5, 0.6) is 0 Å². The second kappa shape index (κ2) is 15.1. The zero-order valence-corrected chi connectivity index (χ0v) is 22.1. The maximum absolute atomic E-state index is 13.1. The van der Waals surface area contributed by atoms with E-state index in [0.717, 1.165) is 54.8 Å². The summed E-state index contributed by atoms with van der Waals surface area (Å²) in [7, 11) is 0. The highest BCUT2D eigenvalue weighted by Gasteiger charge is 2.13. The number of halogens is 2. The first-order chi connectivity index (χ1) is 17.9. The number of pyridine rings is 1. The summed E-state index contributed by atoms with van der Waals surface area (Å²) in [6.45, 7) is 7.00. The average Bonchev–Trinajstić information content (AvgIpc) is 3.15. The molecule has 37 heavy (non-hydrogen) atoms. The van der Waals surface area contributed by atoms with Crippen molar-refractivity contribution in [2.24, 2.45) is 0 Å². The molecule has 0 atom stereocenters. The Morgan fingerprint density at radius 1 is 1.19 bits per heavy atom. The lowest BCUT2D eigenvalue weighted by Crippen LogP contribution is -2.14. The van der Waals surface area contributed by atoms with Crippen LogP contribution in [0.2, 0.25) is 0 Å². The van der Waals surface area contributed by atoms with E-state index in [4.69, 9.17) is 21.3 Å². The van der Waals surface area contributed by atoms with Crippen LogP contribution in [0.4, 0.5) is 10.1 Å². The number of amides is 1. The number of aromatic nitrogens is 1. The Bertz CT molecular complexity index is 1190. The number of nitrogens with zero attached hydrogens (tertiary/aromatic N) is 1. The number of carbonyl (C=O) groups excluding carboxylic acids is 1. The molecule has 2 aromatic rings. The molecule has 0 spiro atoms. The fraction of sp³-hybridized carbons (Fsp3) is 0.290. The molecule has 0 unspecified atom stereocenters. The van der Waals surface area contributed by atoms with E-state index in [0.29, 0.717) is 23.7 Å². The van der Waals surface area contributed by atoms with Crippen LogP contribution < -0.4 is 5.32 Å². The highest BCUT2D eigenvalue weighted by Crippen LogP contribution is 2.22. The molecular formula is C31H34ClFN2O2. The van der Waals surface area contributed by atoms with Crippen molar-refractivity contribution in [1.29, 1.82) is 0 Å². The number of benzene rings is 1. The Balaban J connectivity index is 1.73. The number of anilines is 1. The number of aryl methyl sites for hydroxylation is 1. The molecule has 0 bridgehead atoms. The van der Waals surface area contributed by atoms with Gasteiger partial charge < -0.3 is 10.1 Å². The van der Waals surface area contributed by atoms with Gasteiger partial charge in [-0.15, -0.1) is 0 Å². The Hall–Kier alpha value is -3.28. The van der Waals surface area contributed by atoms with Gasteiger partial charge in [0.25, 0.3) is 0 Å². The van der Waals surface area contributed by atoms with Crippen LogP contribution >= 0.6 is 11.6 Å². The highest BCUT2D eigenvalue weighted by molar-refractivity contribution is 6.29. The Kier molecular flexibility index (Phi) is 11.5. The molecule has 6 heteroatoms. The maximum atomic E-state index is 13.1. The van der Waals surface area contributed by atoms with Crippen molar-refractivity contribution in [3.05, 3.63) is 112 Å². The van der Waals surface area contributed by atoms with Gasteiger partial charge in [-0.3, -0.25) is 9.78 Å². The van der Waals surface area contributed by atoms with E-state index in [1.165, 1.54) is 17.7 Å². The van der Waals surface area contributed by atoms with Gasteiger partial charge in [-0.25, -0.2) is 4.39 Å². The first-order valence-corrected chi connectivity index (χ1v) is 12.9. The molecule has 3 rings (SSSR count). The van der Waals surface area contributed by atoms with Crippen molar-refractivity contribution in [1.82, 2.24) is 4.98 Å². The van der Waals surface area contributed by atoms with Crippen molar-refractivity contribution in [2.75, 3.05) is 18.5 Å². The summed E-state index contributed by atoms with van der Waals surface area (Å²) >= 11 is 5.91. The maximum Gasteiger partial charge on any atom is 0.228 e. The SMILES string of the molecule is C=CC(=CC=C(C)Cl)CC(=O)Nc1ccc(C=CCCc2ccc(F)cc2)nc1CC1=CCCOCC1. The van der Waals surface area contributed by atoms with Crippen LogP contribution in [0.25, 0.3) is 6.08 Å². The van der Waals surface area contributed by atoms with E-state index in [2.05, 4.69) is 24.0 Å². The molecule has 1 N–H and O–H groups in total. The summed E-state index contributed by atoms with van der Waals surface area (Å²) in [6.07, 6.45) is 15.7. The summed E-state index contributed by atoms with van der Waals surface area (Å²) in [5, 5.41) is 3.66. The molecule has 4 nitrogen and oxygen atoms in total. The molecule has 2 heterocycles. The molecule has 1 aromatic carbocycles. The van der Waals surface area contributed by atoms with Crippen LogP contribution in [-0.4, -0.2) is 24.1 Å². The number of allylic oxidation sites excluding steroid dienone is 5. The molecule has 0 radical (unpaired) electrons. The lowest BCUT2D eigenvalue weighted by Gasteiger charge is -2.13. The zero-order chi connectivity index (χ0) is 26.5. The Morgan fingerprint density at radius 2 is 2.00 bits per heavy atom. The zero-order valence-electron chi connectivity index (χ0n) is 21.3. The van der Waals surface area contributed by atoms with Crippen molar-refractivity contribution in [2.45, 2.75) is 45.4 Å². The molecule has 194 valence electrons. The standard InChI is InChI=1S/C31H34ClFN2O2/c1-3-24(11-10-23(2)32)22-31(36)35-29-17-16-28(9-5-4-7-25-12-14-27(33)15-13-25)34-30(29)21-26-8-6-19-37-20-18-26/h3,5,8-17H,1,4,6-7,18-22H2,2H3,(H,35,36). The number of nitrogens with one attached hydrogen (secondary N) is 1. The van der Waals surface area contributed by atoms with Gasteiger partial charge in [-0.2, -0.15) is 0 Å². The minimum Gasteiger partial charge on any atom is -0.381 e. The van der Waals surface area contributed by atoms with Gasteiger partial charge in [0.15, 0.2) is 0 Å². The number of hydrogen-bond donors (Lipinski definition) is 1. The van der Waals surface area contributed by atoms with E-state index in [1.807, 2.05) is 18.2 Å². The third-order valence-corrected chi connectivity index (χ3v) is 6.01. The van der Waals surface area contributed by atoms with Crippen molar-refractivity contribution in [3.8, 4) is 0 Å². The Morgan fingerprint density at radius 3 is 2.76 bits per heavy atom. The predicted molar refractivity (Wildman–Crippen MR) is 151 cm³/mol. The third kappa shape index (κ3) is 10.3. The topological polar surface area (TPSA) is 51.2 Å². The molecular weight excluding hydrogens is 487 g/mol. The van der Waals surface area contributed by atoms with Crippen LogP contribution in [0.1, 0.15) is 49.6 Å². The molecule has 1 aliphatic rings. The quantitative estimate of drug-likeness (QED) is 0.243. The summed E-state index contributed by atoms with van der Waals surface area (Å²) in [6, 6.07) is 10.4. The predicted octanol–water partition coefficient (Wildman–Crippen LogP) is 7.73. The monoisotopic (exact) mass is 520 g/mol. The minimum absolute atomic E-state index is 0.143. The van der Waals surface area contributed by atoms with Crippen molar-refractivity contribution < 1.29 is 13.9 Å². The van der Waals surface area contributed by atoms with E-state index in [1.54, 1.807) is 37.3 Å². The second-order valence-corrected chi connectivity index (χ2v) is 9.51. The summed E-state index contributed by atoms with van der Waals surface area (Å²) in [5.74, 6) is -0.368. The Labute approximate surface area is 224 Å². The van der Waals surface area contributed by atoms with Crippen molar-refractivity contribution in [3.63, 3.8) is 0 Å². The smallest absolute Gasteiger partial charge is 0.228 e. The van der Waals surface area contributed by atoms with Crippen molar-refractivity contribution >= 4 is 29.3 Å². The van der Waals surface area contributed by atoms with Gasteiger partial charge >= 0.3 is 0 Å². The van der Waals surface area contributed by atoms with Gasteiger partial charge in [0.05, 0.1) is 36.7 Å². The average molecular weight is 521 g/mol. The molecule has 0 aliphatic carbocycles. The lowest BCUT2D eigenvalue weighted by atomic mass is 10.0. The molecule has 1 amide bonds. The van der Waals surface area contributed by atoms with E-state index >= 15 is 0 Å². The highest BCUT2D eigenvalue weighted by atomic mass is 35.5. The summed E-state index contributed by atoms with van der Waals surface area (Å²) < 4.78 is 18.7. The minimum atomic E-state index is -0.225. The number of carbonyl (C=O) groups is 1. The van der Waals surface area contributed by atoms with Gasteiger partial charge in [-0.1, -0.05) is 60.2 Å². The van der Waals surface area contributed by atoms with Gasteiger partial charge in [0, 0.05) is 11.5 Å². The molecule has 0 saturated heterocycles. The number of rotatable bonds is 11. The summed E-state index contributed by atoms with van der Waals surface area (Å²) in [5.41, 5.74) is 5.47. The first kappa shape index (κ1) is 28.3. The third-order valence-electron chi connectivity index (χ3n) is 5.88. The largest absolute Gasteiger partial charge is 0.381 e. The van der Waals surface area contributed by atoms with Crippen LogP contribution in [0.3, 0.4) is 0 Å². The summed E-state index contributed by atoms with van der Waals surface area (Å²) in [4.78, 5) is 17.7. The lowest BCUT2D eigenvalue weighted by molar-refractivity contribution is -0.115. The van der Waals surface area contributed by atoms with Gasteiger partial charge in [0.2, 0.25) is 5.91 Å². The number of ether oxygens (including phenoxy) is 1. The molecule has 0 fully saturated rings. The van der Waals surface area contributed by atoms with E-state index < -0.39 is 0 Å². The molecule has 1 aliphatic heterocycles. The fourth-order valence-electron chi connectivity index (χ4n) is 3.89. The van der Waals surface area contributed by atoms with Gasteiger partial charge in [0.1, 0.15) is 5.82 Å². The van der Waals surface area contributed by atoms with E-state index in [9.17, 15) is 9.18 Å². The normalized spacial score (nSPS) is 14.8. The molecule has 0 saturated carbocycles. The van der Waals surface area contributed by atoms with Crippen LogP contribution in [0, 0.1) is 5.82 Å². The van der Waals surface area contributed by atoms with Crippen LogP contribution in [0.15, 0.2) is 89.5 Å². The van der Waals surface area contributed by atoms with Crippen LogP contribution in [-0.2, 0) is 22.4 Å². The first-order valence-electron chi connectivity index (χ1n) is 12.5. The number of hydrogen-bond acceptors (Lipinski definition) is 3. The van der Waals surface area contributed by atoms with Gasteiger partial charge in [-0.05, 0) is 80.2 Å². The van der Waals surface area contributed by atoms with E-state index in [-0.39, 0.29) is 18.1 Å². The molecule has 1 aromatic heterocycles. The fourth-order valence-corrected chi connectivity index (χ4v) is 3.96. The second-order valence-electron chi connectivity index (χ2n) is 8.91.